The molecule has 0 unspecified atom stereocenters. The lowest BCUT2D eigenvalue weighted by atomic mass is 10.2. The van der Waals surface area contributed by atoms with Crippen LogP contribution >= 0.6 is 11.8 Å². The van der Waals surface area contributed by atoms with Gasteiger partial charge in [0.05, 0.1) is 0 Å². The maximum absolute atomic E-state index is 12.3. The van der Waals surface area contributed by atoms with Crippen LogP contribution in [0, 0.1) is 18.3 Å². The first kappa shape index (κ1) is 17.6. The molecule has 1 N–H and O–H groups in total. The second kappa shape index (κ2) is 8.24. The monoisotopic (exact) mass is 360 g/mol. The smallest absolute Gasteiger partial charge is 0.266 e. The van der Waals surface area contributed by atoms with Crippen molar-refractivity contribution in [1.82, 2.24) is 0 Å². The Morgan fingerprint density at radius 2 is 1.81 bits per heavy atom. The molecular formula is C21H16N2O2S. The summed E-state index contributed by atoms with van der Waals surface area (Å²) in [5.41, 5.74) is 1.59. The largest absolute Gasteiger partial charge is 0.450 e. The fraction of sp³-hybridized carbons (Fsp3) is 0.0476. The van der Waals surface area contributed by atoms with E-state index in [1.165, 1.54) is 17.8 Å². The van der Waals surface area contributed by atoms with Gasteiger partial charge in [-0.1, -0.05) is 48.2 Å². The second-order valence-corrected chi connectivity index (χ2v) is 6.59. The van der Waals surface area contributed by atoms with Crippen LogP contribution in [0.3, 0.4) is 0 Å². The quantitative estimate of drug-likeness (QED) is 0.496. The highest BCUT2D eigenvalue weighted by Gasteiger charge is 2.12. The molecule has 1 heterocycles. The molecular weight excluding hydrogens is 344 g/mol. The van der Waals surface area contributed by atoms with Crippen LogP contribution < -0.4 is 5.32 Å². The van der Waals surface area contributed by atoms with Gasteiger partial charge in [-0.2, -0.15) is 5.26 Å². The number of para-hydroxylation sites is 1. The highest BCUT2D eigenvalue weighted by Crippen LogP contribution is 2.29. The average Bonchev–Trinajstić information content (AvgIpc) is 3.09. The molecule has 128 valence electrons. The van der Waals surface area contributed by atoms with E-state index in [9.17, 15) is 10.1 Å². The van der Waals surface area contributed by atoms with Crippen molar-refractivity contribution in [2.75, 3.05) is 5.32 Å². The van der Waals surface area contributed by atoms with Crippen LogP contribution in [-0.2, 0) is 4.79 Å². The van der Waals surface area contributed by atoms with Gasteiger partial charge in [-0.05, 0) is 42.8 Å². The summed E-state index contributed by atoms with van der Waals surface area (Å²) >= 11 is 1.48. The van der Waals surface area contributed by atoms with Crippen LogP contribution in [-0.4, -0.2) is 5.91 Å². The first-order valence-corrected chi connectivity index (χ1v) is 8.79. The van der Waals surface area contributed by atoms with E-state index in [0.717, 1.165) is 10.5 Å². The summed E-state index contributed by atoms with van der Waals surface area (Å²) in [5, 5.41) is 12.8. The zero-order valence-corrected chi connectivity index (χ0v) is 14.9. The number of rotatable bonds is 5. The number of hydrogen-bond donors (Lipinski definition) is 1. The van der Waals surface area contributed by atoms with Gasteiger partial charge in [0, 0.05) is 16.7 Å². The van der Waals surface area contributed by atoms with E-state index in [1.54, 1.807) is 12.1 Å². The zero-order chi connectivity index (χ0) is 18.4. The zero-order valence-electron chi connectivity index (χ0n) is 14.1. The predicted octanol–water partition coefficient (Wildman–Crippen LogP) is 5.28. The molecule has 4 nitrogen and oxygen atoms in total. The summed E-state index contributed by atoms with van der Waals surface area (Å²) in [4.78, 5) is 13.4. The molecule has 0 saturated carbocycles. The summed E-state index contributed by atoms with van der Waals surface area (Å²) in [6.07, 6.45) is 1.45. The normalized spacial score (nSPS) is 11.0. The molecule has 0 saturated heterocycles. The van der Waals surface area contributed by atoms with Gasteiger partial charge in [-0.25, -0.2) is 0 Å². The highest BCUT2D eigenvalue weighted by atomic mass is 32.2. The lowest BCUT2D eigenvalue weighted by Crippen LogP contribution is -2.14. The van der Waals surface area contributed by atoms with Crippen LogP contribution in [0.2, 0.25) is 0 Å². The third kappa shape index (κ3) is 4.44. The van der Waals surface area contributed by atoms with E-state index in [1.807, 2.05) is 67.6 Å². The Labute approximate surface area is 156 Å². The highest BCUT2D eigenvalue weighted by molar-refractivity contribution is 7.99. The Hall–Kier alpha value is -3.23. The van der Waals surface area contributed by atoms with Crippen molar-refractivity contribution >= 4 is 29.4 Å². The number of aryl methyl sites for hydroxylation is 1. The minimum absolute atomic E-state index is 0.0149. The van der Waals surface area contributed by atoms with Crippen molar-refractivity contribution < 1.29 is 9.21 Å². The fourth-order valence-corrected chi connectivity index (χ4v) is 3.06. The predicted molar refractivity (Wildman–Crippen MR) is 103 cm³/mol. The Balaban J connectivity index is 1.74. The second-order valence-electron chi connectivity index (χ2n) is 5.51. The number of carbonyl (C=O) groups excluding carboxylic acids is 1. The van der Waals surface area contributed by atoms with Crippen molar-refractivity contribution in [1.29, 1.82) is 5.26 Å². The van der Waals surface area contributed by atoms with Gasteiger partial charge in [-0.15, -0.1) is 0 Å². The summed E-state index contributed by atoms with van der Waals surface area (Å²) in [6, 6.07) is 22.7. The minimum atomic E-state index is -0.463. The van der Waals surface area contributed by atoms with Gasteiger partial charge in [0.2, 0.25) is 0 Å². The molecule has 3 aromatic rings. The molecule has 5 heteroatoms. The Morgan fingerprint density at radius 1 is 1.08 bits per heavy atom. The van der Waals surface area contributed by atoms with E-state index in [2.05, 4.69) is 5.32 Å². The van der Waals surface area contributed by atoms with E-state index < -0.39 is 5.91 Å². The molecule has 26 heavy (non-hydrogen) atoms. The number of hydrogen-bond acceptors (Lipinski definition) is 4. The van der Waals surface area contributed by atoms with E-state index in [-0.39, 0.29) is 5.57 Å². The number of nitrogens with one attached hydrogen (secondary N) is 1. The Bertz CT molecular complexity index is 985. The van der Waals surface area contributed by atoms with Gasteiger partial charge >= 0.3 is 0 Å². The molecule has 2 aromatic carbocycles. The van der Waals surface area contributed by atoms with Crippen LogP contribution in [0.4, 0.5) is 5.69 Å². The molecule has 0 radical (unpaired) electrons. The molecule has 0 aliphatic heterocycles. The maximum Gasteiger partial charge on any atom is 0.266 e. The number of nitriles is 1. The van der Waals surface area contributed by atoms with Gasteiger partial charge in [0.25, 0.3) is 5.91 Å². The standard InChI is InChI=1S/C21H16N2O2S/c1-15-7-5-6-10-19(15)23-21(24)16(14-22)13-17-11-12-20(25-17)26-18-8-3-2-4-9-18/h2-13H,1H3,(H,23,24)/b16-13-. The van der Waals surface area contributed by atoms with Crippen LogP contribution in [0.25, 0.3) is 6.08 Å². The van der Waals surface area contributed by atoms with Crippen molar-refractivity contribution in [2.45, 2.75) is 16.9 Å². The van der Waals surface area contributed by atoms with Gasteiger partial charge in [-0.3, -0.25) is 4.79 Å². The lowest BCUT2D eigenvalue weighted by Gasteiger charge is -2.06. The molecule has 0 fully saturated rings. The maximum atomic E-state index is 12.3. The summed E-state index contributed by atoms with van der Waals surface area (Å²) in [5.74, 6) is -0.00428. The summed E-state index contributed by atoms with van der Waals surface area (Å²) in [7, 11) is 0. The summed E-state index contributed by atoms with van der Waals surface area (Å²) < 4.78 is 5.70. The molecule has 3 rings (SSSR count). The number of anilines is 1. The average molecular weight is 360 g/mol. The third-order valence-corrected chi connectivity index (χ3v) is 4.54. The molecule has 0 aliphatic carbocycles. The molecule has 0 spiro atoms. The van der Waals surface area contributed by atoms with Gasteiger partial charge in [0.1, 0.15) is 17.4 Å². The van der Waals surface area contributed by atoms with Crippen molar-refractivity contribution in [3.8, 4) is 6.07 Å². The van der Waals surface area contributed by atoms with Crippen LogP contribution in [0.1, 0.15) is 11.3 Å². The van der Waals surface area contributed by atoms with Crippen molar-refractivity contribution in [3.05, 3.63) is 83.6 Å². The molecule has 0 aliphatic rings. The first-order chi connectivity index (χ1) is 12.7. The number of amides is 1. The molecule has 1 amide bonds. The van der Waals surface area contributed by atoms with E-state index in [0.29, 0.717) is 16.5 Å². The van der Waals surface area contributed by atoms with Crippen molar-refractivity contribution in [3.63, 3.8) is 0 Å². The molecule has 1 aromatic heterocycles. The van der Waals surface area contributed by atoms with Gasteiger partial charge < -0.3 is 9.73 Å². The topological polar surface area (TPSA) is 66.0 Å². The minimum Gasteiger partial charge on any atom is -0.450 e. The molecule has 0 atom stereocenters. The van der Waals surface area contributed by atoms with E-state index >= 15 is 0 Å². The lowest BCUT2D eigenvalue weighted by molar-refractivity contribution is -0.112. The molecule has 0 bridgehead atoms. The third-order valence-electron chi connectivity index (χ3n) is 3.61. The number of furan rings is 1. The summed E-state index contributed by atoms with van der Waals surface area (Å²) in [6.45, 7) is 1.89. The van der Waals surface area contributed by atoms with Crippen LogP contribution in [0.15, 0.2) is 86.7 Å². The SMILES string of the molecule is Cc1ccccc1NC(=O)/C(C#N)=C\c1ccc(Sc2ccccc2)o1. The Kier molecular flexibility index (Phi) is 5.57. The Morgan fingerprint density at radius 3 is 2.54 bits per heavy atom. The van der Waals surface area contributed by atoms with Crippen molar-refractivity contribution in [2.24, 2.45) is 0 Å². The van der Waals surface area contributed by atoms with E-state index in [4.69, 9.17) is 4.42 Å². The first-order valence-electron chi connectivity index (χ1n) is 7.97. The van der Waals surface area contributed by atoms with Gasteiger partial charge in [0.15, 0.2) is 5.09 Å². The number of nitrogens with zero attached hydrogens (tertiary/aromatic N) is 1. The van der Waals surface area contributed by atoms with Crippen LogP contribution in [0.5, 0.6) is 0 Å². The number of carbonyl (C=O) groups is 1. The number of benzene rings is 2. The fourth-order valence-electron chi connectivity index (χ4n) is 2.27.